The molecule has 6 nitrogen and oxygen atoms in total. The third-order valence-electron chi connectivity index (χ3n) is 4.27. The highest BCUT2D eigenvalue weighted by atomic mass is 32.2. The first-order valence-corrected chi connectivity index (χ1v) is 10.3. The molecule has 1 unspecified atom stereocenters. The molecule has 0 aliphatic rings. The molecule has 1 atom stereocenters. The lowest BCUT2D eigenvalue weighted by molar-refractivity contribution is -0.116. The predicted octanol–water partition coefficient (Wildman–Crippen LogP) is 3.83. The zero-order valence-electron chi connectivity index (χ0n) is 16.1. The number of benzene rings is 2. The fourth-order valence-electron chi connectivity index (χ4n) is 2.76. The largest absolute Gasteiger partial charge is 0.325 e. The lowest BCUT2D eigenvalue weighted by atomic mass is 10.1. The van der Waals surface area contributed by atoms with Crippen molar-refractivity contribution in [2.24, 2.45) is 11.7 Å². The Morgan fingerprint density at radius 2 is 1.86 bits per heavy atom. The zero-order valence-corrected chi connectivity index (χ0v) is 16.9. The van der Waals surface area contributed by atoms with E-state index in [-0.39, 0.29) is 17.1 Å². The normalized spacial score (nSPS) is 12.1. The third-order valence-corrected chi connectivity index (χ3v) is 5.89. The van der Waals surface area contributed by atoms with Gasteiger partial charge in [0.25, 0.3) is 0 Å². The first-order valence-electron chi connectivity index (χ1n) is 9.25. The van der Waals surface area contributed by atoms with Gasteiger partial charge in [0.2, 0.25) is 5.91 Å². The minimum absolute atomic E-state index is 0.0204. The highest BCUT2D eigenvalue weighted by Crippen LogP contribution is 2.26. The zero-order chi connectivity index (χ0) is 19.9. The maximum absolute atomic E-state index is 12.8. The number of aromatic nitrogens is 3. The number of aromatic amines is 1. The fourth-order valence-corrected chi connectivity index (χ4v) is 3.92. The summed E-state index contributed by atoms with van der Waals surface area (Å²) in [7, 11) is 0. The maximum atomic E-state index is 12.8. The number of carbonyl (C=O) groups is 1. The molecule has 0 aliphatic carbocycles. The van der Waals surface area contributed by atoms with Crippen LogP contribution in [0.15, 0.2) is 54.6 Å². The van der Waals surface area contributed by atoms with E-state index < -0.39 is 0 Å². The quantitative estimate of drug-likeness (QED) is 0.539. The number of hydrogen-bond donors (Lipinski definition) is 3. The van der Waals surface area contributed by atoms with Gasteiger partial charge in [0.1, 0.15) is 5.82 Å². The Bertz CT molecular complexity index is 893. The standard InChI is InChI=1S/C21H25N5OS/c1-14(2)19(28-13-15-6-4-3-5-7-15)21(27)23-17-10-8-16(9-11-17)20-24-18(12-22)25-26-20/h3-11,14,19H,12-13,22H2,1-2H3,(H,23,27)(H,24,25,26). The lowest BCUT2D eigenvalue weighted by Gasteiger charge is -2.20. The van der Waals surface area contributed by atoms with Crippen molar-refractivity contribution < 1.29 is 4.79 Å². The van der Waals surface area contributed by atoms with Crippen LogP contribution in [0.5, 0.6) is 0 Å². The number of nitrogens with two attached hydrogens (primary N) is 1. The van der Waals surface area contributed by atoms with Gasteiger partial charge in [-0.15, -0.1) is 11.8 Å². The SMILES string of the molecule is CC(C)C(SCc1ccccc1)C(=O)Nc1ccc(-c2n[nH]c(CN)n2)cc1. The highest BCUT2D eigenvalue weighted by molar-refractivity contribution is 7.99. The molecule has 146 valence electrons. The van der Waals surface area contributed by atoms with Crippen LogP contribution in [0.25, 0.3) is 11.4 Å². The van der Waals surface area contributed by atoms with Crippen molar-refractivity contribution in [3.05, 3.63) is 66.0 Å². The van der Waals surface area contributed by atoms with Gasteiger partial charge in [-0.25, -0.2) is 4.98 Å². The molecule has 4 N–H and O–H groups in total. The van der Waals surface area contributed by atoms with E-state index in [0.29, 0.717) is 18.2 Å². The van der Waals surface area contributed by atoms with Crippen LogP contribution in [0, 0.1) is 5.92 Å². The molecule has 2 aromatic carbocycles. The van der Waals surface area contributed by atoms with Crippen molar-refractivity contribution in [3.63, 3.8) is 0 Å². The van der Waals surface area contributed by atoms with Gasteiger partial charge in [-0.3, -0.25) is 9.89 Å². The van der Waals surface area contributed by atoms with E-state index in [1.165, 1.54) is 5.56 Å². The van der Waals surface area contributed by atoms with E-state index in [9.17, 15) is 4.79 Å². The van der Waals surface area contributed by atoms with Crippen LogP contribution in [0.1, 0.15) is 25.2 Å². The van der Waals surface area contributed by atoms with Crippen molar-refractivity contribution in [2.45, 2.75) is 31.4 Å². The van der Waals surface area contributed by atoms with E-state index >= 15 is 0 Å². The number of nitrogens with zero attached hydrogens (tertiary/aromatic N) is 2. The predicted molar refractivity (Wildman–Crippen MR) is 115 cm³/mol. The van der Waals surface area contributed by atoms with E-state index in [1.807, 2.05) is 42.5 Å². The van der Waals surface area contributed by atoms with Crippen LogP contribution in [-0.2, 0) is 17.1 Å². The Kier molecular flexibility index (Phi) is 6.84. The van der Waals surface area contributed by atoms with Crippen LogP contribution in [0.4, 0.5) is 5.69 Å². The number of nitrogens with one attached hydrogen (secondary N) is 2. The fraction of sp³-hybridized carbons (Fsp3) is 0.286. The Hall–Kier alpha value is -2.64. The number of hydrogen-bond acceptors (Lipinski definition) is 5. The molecule has 0 saturated heterocycles. The van der Waals surface area contributed by atoms with E-state index in [0.717, 1.165) is 17.0 Å². The molecule has 0 aliphatic heterocycles. The summed E-state index contributed by atoms with van der Waals surface area (Å²) in [6.45, 7) is 4.46. The summed E-state index contributed by atoms with van der Waals surface area (Å²) in [5, 5.41) is 9.84. The molecule has 0 fully saturated rings. The topological polar surface area (TPSA) is 96.7 Å². The van der Waals surface area contributed by atoms with Crippen LogP contribution in [0.2, 0.25) is 0 Å². The molecule has 3 rings (SSSR count). The molecule has 1 amide bonds. The van der Waals surface area contributed by atoms with Gasteiger partial charge in [-0.05, 0) is 35.7 Å². The van der Waals surface area contributed by atoms with Gasteiger partial charge in [0.15, 0.2) is 5.82 Å². The lowest BCUT2D eigenvalue weighted by Crippen LogP contribution is -2.29. The summed E-state index contributed by atoms with van der Waals surface area (Å²) in [4.78, 5) is 17.1. The molecule has 0 saturated carbocycles. The molecule has 0 radical (unpaired) electrons. The van der Waals surface area contributed by atoms with Crippen LogP contribution in [0.3, 0.4) is 0 Å². The van der Waals surface area contributed by atoms with E-state index in [4.69, 9.17) is 5.73 Å². The van der Waals surface area contributed by atoms with Crippen molar-refractivity contribution in [1.82, 2.24) is 15.2 Å². The summed E-state index contributed by atoms with van der Waals surface area (Å²) in [5.74, 6) is 2.30. The van der Waals surface area contributed by atoms with Crippen molar-refractivity contribution in [1.29, 1.82) is 0 Å². The first-order chi connectivity index (χ1) is 13.6. The van der Waals surface area contributed by atoms with Gasteiger partial charge in [-0.1, -0.05) is 44.2 Å². The molecule has 28 heavy (non-hydrogen) atoms. The third kappa shape index (κ3) is 5.21. The summed E-state index contributed by atoms with van der Waals surface area (Å²) in [6, 6.07) is 17.7. The van der Waals surface area contributed by atoms with Gasteiger partial charge in [0.05, 0.1) is 11.8 Å². The second kappa shape index (κ2) is 9.52. The van der Waals surface area contributed by atoms with Gasteiger partial charge in [-0.2, -0.15) is 5.10 Å². The Balaban J connectivity index is 1.62. The number of carbonyl (C=O) groups excluding carboxylic acids is 1. The van der Waals surface area contributed by atoms with Gasteiger partial charge >= 0.3 is 0 Å². The summed E-state index contributed by atoms with van der Waals surface area (Å²) in [6.07, 6.45) is 0. The molecule has 1 heterocycles. The van der Waals surface area contributed by atoms with Crippen LogP contribution < -0.4 is 11.1 Å². The molecular formula is C21H25N5OS. The molecule has 1 aromatic heterocycles. The minimum Gasteiger partial charge on any atom is -0.325 e. The van der Waals surface area contributed by atoms with Crippen molar-refractivity contribution >= 4 is 23.4 Å². The molecule has 7 heteroatoms. The average molecular weight is 396 g/mol. The molecule has 3 aromatic rings. The molecule has 0 spiro atoms. The molecular weight excluding hydrogens is 370 g/mol. The summed E-state index contributed by atoms with van der Waals surface area (Å²) in [5.41, 5.74) is 8.40. The van der Waals surface area contributed by atoms with Gasteiger partial charge in [0, 0.05) is 17.0 Å². The second-order valence-corrected chi connectivity index (χ2v) is 7.97. The first kappa shape index (κ1) is 20.1. The maximum Gasteiger partial charge on any atom is 0.237 e. The van der Waals surface area contributed by atoms with Crippen molar-refractivity contribution in [2.75, 3.05) is 5.32 Å². The number of H-pyrrole nitrogens is 1. The summed E-state index contributed by atoms with van der Waals surface area (Å²) >= 11 is 1.67. The molecule has 0 bridgehead atoms. The van der Waals surface area contributed by atoms with E-state index in [1.54, 1.807) is 11.8 Å². The van der Waals surface area contributed by atoms with E-state index in [2.05, 4.69) is 46.5 Å². The van der Waals surface area contributed by atoms with Gasteiger partial charge < -0.3 is 11.1 Å². The smallest absolute Gasteiger partial charge is 0.237 e. The Morgan fingerprint density at radius 1 is 1.14 bits per heavy atom. The minimum atomic E-state index is -0.125. The highest BCUT2D eigenvalue weighted by Gasteiger charge is 2.23. The number of rotatable bonds is 8. The summed E-state index contributed by atoms with van der Waals surface area (Å²) < 4.78 is 0. The monoisotopic (exact) mass is 395 g/mol. The van der Waals surface area contributed by atoms with Crippen molar-refractivity contribution in [3.8, 4) is 11.4 Å². The van der Waals surface area contributed by atoms with Crippen LogP contribution in [-0.4, -0.2) is 26.3 Å². The number of amides is 1. The Morgan fingerprint density at radius 3 is 2.46 bits per heavy atom. The van der Waals surface area contributed by atoms with Crippen LogP contribution >= 0.6 is 11.8 Å². The number of thioether (sulfide) groups is 1. The Labute approximate surface area is 169 Å². The average Bonchev–Trinajstić information content (AvgIpc) is 3.18. The number of anilines is 1. The second-order valence-electron chi connectivity index (χ2n) is 6.84.